The molecule has 36 heavy (non-hydrogen) atoms. The first-order valence-corrected chi connectivity index (χ1v) is 13.0. The van der Waals surface area contributed by atoms with E-state index in [0.29, 0.717) is 5.56 Å². The van der Waals surface area contributed by atoms with Gasteiger partial charge in [0.25, 0.3) is 0 Å². The van der Waals surface area contributed by atoms with Crippen LogP contribution in [0.2, 0.25) is 0 Å². The fraction of sp³-hybridized carbons (Fsp3) is 0.138. The summed E-state index contributed by atoms with van der Waals surface area (Å²) in [5.41, 5.74) is 3.26. The summed E-state index contributed by atoms with van der Waals surface area (Å²) in [5, 5.41) is 3.40. The fourth-order valence-electron chi connectivity index (χ4n) is 3.98. The number of ether oxygens (including phenoxy) is 1. The van der Waals surface area contributed by atoms with Gasteiger partial charge in [-0.15, -0.1) is 0 Å². The van der Waals surface area contributed by atoms with Crippen LogP contribution in [0.1, 0.15) is 34.3 Å². The number of carbonyl (C=O) groups is 1. The van der Waals surface area contributed by atoms with E-state index in [1.54, 1.807) is 12.1 Å². The zero-order valence-electron chi connectivity index (χ0n) is 19.9. The number of benzene rings is 4. The normalized spacial score (nSPS) is 12.3. The van der Waals surface area contributed by atoms with Crippen LogP contribution in [0.4, 0.5) is 0 Å². The number of nitrogens with one attached hydrogen (secondary N) is 2. The average molecular weight is 501 g/mol. The lowest BCUT2D eigenvalue weighted by Crippen LogP contribution is -2.33. The second-order valence-electron chi connectivity index (χ2n) is 8.26. The van der Waals surface area contributed by atoms with E-state index in [1.807, 2.05) is 91.0 Å². The van der Waals surface area contributed by atoms with Crippen LogP contribution in [0, 0.1) is 0 Å². The van der Waals surface area contributed by atoms with Crippen molar-refractivity contribution >= 4 is 16.0 Å². The smallest absolute Gasteiger partial charge is 0.327 e. The van der Waals surface area contributed by atoms with Gasteiger partial charge in [0.2, 0.25) is 10.0 Å². The van der Waals surface area contributed by atoms with Crippen LogP contribution in [0.25, 0.3) is 0 Å². The van der Waals surface area contributed by atoms with Crippen LogP contribution in [-0.4, -0.2) is 21.5 Å². The molecule has 0 fully saturated rings. The number of carbonyl (C=O) groups excluding carboxylic acids is 1. The molecule has 4 aromatic rings. The minimum Gasteiger partial charge on any atom is -0.468 e. The number of methoxy groups -OCH3 is 1. The molecule has 0 aliphatic heterocycles. The van der Waals surface area contributed by atoms with E-state index in [0.717, 1.165) is 16.7 Å². The van der Waals surface area contributed by atoms with Crippen molar-refractivity contribution in [2.45, 2.75) is 23.5 Å². The molecule has 0 saturated carbocycles. The molecule has 184 valence electrons. The van der Waals surface area contributed by atoms with E-state index in [4.69, 9.17) is 4.74 Å². The Morgan fingerprint density at radius 1 is 0.750 bits per heavy atom. The Bertz CT molecular complexity index is 1340. The van der Waals surface area contributed by atoms with Gasteiger partial charge in [0.15, 0.2) is 0 Å². The lowest BCUT2D eigenvalue weighted by Gasteiger charge is -2.26. The molecule has 6 nitrogen and oxygen atoms in total. The quantitative estimate of drug-likeness (QED) is 0.307. The molecule has 0 aromatic heterocycles. The van der Waals surface area contributed by atoms with E-state index in [-0.39, 0.29) is 17.5 Å². The molecule has 1 unspecified atom stereocenters. The van der Waals surface area contributed by atoms with Crippen molar-refractivity contribution in [3.8, 4) is 0 Å². The minimum atomic E-state index is -3.81. The van der Waals surface area contributed by atoms with E-state index in [2.05, 4.69) is 10.0 Å². The Morgan fingerprint density at radius 3 is 1.83 bits per heavy atom. The number of rotatable bonds is 10. The van der Waals surface area contributed by atoms with Gasteiger partial charge in [0, 0.05) is 6.54 Å². The zero-order valence-corrected chi connectivity index (χ0v) is 20.7. The predicted molar refractivity (Wildman–Crippen MR) is 140 cm³/mol. The van der Waals surface area contributed by atoms with E-state index < -0.39 is 22.0 Å². The summed E-state index contributed by atoms with van der Waals surface area (Å²) in [4.78, 5) is 13.0. The van der Waals surface area contributed by atoms with Crippen LogP contribution in [0.5, 0.6) is 0 Å². The Morgan fingerprint density at radius 2 is 1.28 bits per heavy atom. The van der Waals surface area contributed by atoms with Gasteiger partial charge in [0.1, 0.15) is 6.04 Å². The molecule has 2 N–H and O–H groups in total. The van der Waals surface area contributed by atoms with Gasteiger partial charge in [-0.1, -0.05) is 103 Å². The Balaban J connectivity index is 1.65. The molecule has 0 bridgehead atoms. The fourth-order valence-corrected chi connectivity index (χ4v) is 5.05. The predicted octanol–water partition coefficient (Wildman–Crippen LogP) is 4.76. The lowest BCUT2D eigenvalue weighted by atomic mass is 9.96. The molecular weight excluding hydrogens is 472 g/mol. The standard InChI is InChI=1S/C29H28N2O4S/c1-35-29(32)28(31-27(23-14-7-3-8-15-23)24-16-9-4-10-17-24)25-18-11-19-26(20-25)36(33,34)30-21-22-12-5-2-6-13-22/h2-20,27-28,30-31H,21H2,1H3. The molecule has 0 saturated heterocycles. The molecule has 4 aromatic carbocycles. The van der Waals surface area contributed by atoms with Crippen molar-refractivity contribution < 1.29 is 17.9 Å². The van der Waals surface area contributed by atoms with Gasteiger partial charge < -0.3 is 4.74 Å². The molecular formula is C29H28N2O4S. The van der Waals surface area contributed by atoms with Crippen molar-refractivity contribution in [2.24, 2.45) is 0 Å². The lowest BCUT2D eigenvalue weighted by molar-refractivity contribution is -0.143. The van der Waals surface area contributed by atoms with Crippen molar-refractivity contribution in [1.82, 2.24) is 10.0 Å². The number of esters is 1. The summed E-state index contributed by atoms with van der Waals surface area (Å²) in [5.74, 6) is -0.515. The summed E-state index contributed by atoms with van der Waals surface area (Å²) < 4.78 is 33.8. The summed E-state index contributed by atoms with van der Waals surface area (Å²) in [6, 6.07) is 34.0. The largest absolute Gasteiger partial charge is 0.468 e. The van der Waals surface area contributed by atoms with Crippen LogP contribution in [0.3, 0.4) is 0 Å². The highest BCUT2D eigenvalue weighted by Crippen LogP contribution is 2.28. The van der Waals surface area contributed by atoms with E-state index in [9.17, 15) is 13.2 Å². The van der Waals surface area contributed by atoms with Crippen LogP contribution >= 0.6 is 0 Å². The highest BCUT2D eigenvalue weighted by Gasteiger charge is 2.28. The third-order valence-corrected chi connectivity index (χ3v) is 7.25. The Kier molecular flexibility index (Phi) is 8.28. The maximum atomic E-state index is 13.0. The van der Waals surface area contributed by atoms with E-state index in [1.165, 1.54) is 19.2 Å². The van der Waals surface area contributed by atoms with Crippen molar-refractivity contribution in [2.75, 3.05) is 7.11 Å². The second-order valence-corrected chi connectivity index (χ2v) is 10.0. The molecule has 0 amide bonds. The first kappa shape index (κ1) is 25.3. The van der Waals surface area contributed by atoms with E-state index >= 15 is 0 Å². The van der Waals surface area contributed by atoms with Crippen molar-refractivity contribution in [3.63, 3.8) is 0 Å². The SMILES string of the molecule is COC(=O)C(NC(c1ccccc1)c1ccccc1)c1cccc(S(=O)(=O)NCc2ccccc2)c1. The van der Waals surface area contributed by atoms with Gasteiger partial charge in [-0.2, -0.15) is 0 Å². The van der Waals surface area contributed by atoms with Crippen LogP contribution in [-0.2, 0) is 26.1 Å². The summed E-state index contributed by atoms with van der Waals surface area (Å²) in [7, 11) is -2.49. The average Bonchev–Trinajstić information content (AvgIpc) is 2.94. The maximum Gasteiger partial charge on any atom is 0.327 e. The number of hydrogen-bond acceptors (Lipinski definition) is 5. The molecule has 4 rings (SSSR count). The van der Waals surface area contributed by atoms with Crippen molar-refractivity contribution in [3.05, 3.63) is 138 Å². The first-order chi connectivity index (χ1) is 17.5. The highest BCUT2D eigenvalue weighted by atomic mass is 32.2. The highest BCUT2D eigenvalue weighted by molar-refractivity contribution is 7.89. The third kappa shape index (κ3) is 6.26. The van der Waals surface area contributed by atoms with Crippen molar-refractivity contribution in [1.29, 1.82) is 0 Å². The van der Waals surface area contributed by atoms with Crippen LogP contribution < -0.4 is 10.0 Å². The Hall–Kier alpha value is -3.78. The Labute approximate surface area is 212 Å². The topological polar surface area (TPSA) is 84.5 Å². The van der Waals surface area contributed by atoms with Gasteiger partial charge in [-0.05, 0) is 34.4 Å². The minimum absolute atomic E-state index is 0.0719. The summed E-state index contributed by atoms with van der Waals surface area (Å²) >= 11 is 0. The molecule has 0 heterocycles. The van der Waals surface area contributed by atoms with Crippen LogP contribution in [0.15, 0.2) is 120 Å². The molecule has 7 heteroatoms. The zero-order chi connectivity index (χ0) is 25.4. The first-order valence-electron chi connectivity index (χ1n) is 11.6. The second kappa shape index (κ2) is 11.8. The summed E-state index contributed by atoms with van der Waals surface area (Å²) in [6.45, 7) is 0.163. The van der Waals surface area contributed by atoms with Gasteiger partial charge in [-0.25, -0.2) is 17.9 Å². The molecule has 0 aliphatic carbocycles. The molecule has 0 radical (unpaired) electrons. The number of sulfonamides is 1. The molecule has 0 spiro atoms. The monoisotopic (exact) mass is 500 g/mol. The molecule has 0 aliphatic rings. The maximum absolute atomic E-state index is 13.0. The van der Waals surface area contributed by atoms with Gasteiger partial charge >= 0.3 is 5.97 Å². The summed E-state index contributed by atoms with van der Waals surface area (Å²) in [6.07, 6.45) is 0. The van der Waals surface area contributed by atoms with Gasteiger partial charge in [0.05, 0.1) is 18.0 Å². The third-order valence-electron chi connectivity index (χ3n) is 5.85. The number of hydrogen-bond donors (Lipinski definition) is 2. The molecule has 1 atom stereocenters. The van der Waals surface area contributed by atoms with Gasteiger partial charge in [-0.3, -0.25) is 5.32 Å².